The van der Waals surface area contributed by atoms with Gasteiger partial charge < -0.3 is 19.9 Å². The molecule has 0 bridgehead atoms. The van der Waals surface area contributed by atoms with Crippen LogP contribution < -0.4 is 10.1 Å². The van der Waals surface area contributed by atoms with E-state index in [1.807, 2.05) is 40.1 Å². The third-order valence-corrected chi connectivity index (χ3v) is 5.09. The summed E-state index contributed by atoms with van der Waals surface area (Å²) in [5.41, 5.74) is 0. The van der Waals surface area contributed by atoms with E-state index in [0.29, 0.717) is 18.8 Å². The van der Waals surface area contributed by atoms with E-state index < -0.39 is 0 Å². The molecule has 2 saturated heterocycles. The van der Waals surface area contributed by atoms with Crippen LogP contribution in [0.15, 0.2) is 30.3 Å². The first kappa shape index (κ1) is 17.7. The number of likely N-dealkylation sites (tertiary alicyclic amines) is 1. The van der Waals surface area contributed by atoms with E-state index in [9.17, 15) is 9.59 Å². The van der Waals surface area contributed by atoms with Crippen LogP contribution in [0.3, 0.4) is 0 Å². The zero-order chi connectivity index (χ0) is 17.6. The predicted molar refractivity (Wildman–Crippen MR) is 95.3 cm³/mol. The molecule has 6 nitrogen and oxygen atoms in total. The van der Waals surface area contributed by atoms with Gasteiger partial charge >= 0.3 is 0 Å². The Bertz CT molecular complexity index is 585. The Morgan fingerprint density at radius 1 is 1.16 bits per heavy atom. The van der Waals surface area contributed by atoms with Crippen molar-refractivity contribution in [1.82, 2.24) is 15.1 Å². The molecular formula is C19H27N3O3. The molecule has 0 spiro atoms. The van der Waals surface area contributed by atoms with Crippen LogP contribution in [0.2, 0.25) is 0 Å². The van der Waals surface area contributed by atoms with Crippen LogP contribution in [-0.2, 0) is 9.59 Å². The second-order valence-corrected chi connectivity index (χ2v) is 6.84. The number of carbonyl (C=O) groups excluding carboxylic acids is 2. The molecule has 0 radical (unpaired) electrons. The normalized spacial score (nSPS) is 21.9. The number of nitrogens with one attached hydrogen (secondary N) is 1. The van der Waals surface area contributed by atoms with Gasteiger partial charge in [-0.15, -0.1) is 0 Å². The average molecular weight is 345 g/mol. The minimum Gasteiger partial charge on any atom is -0.484 e. The topological polar surface area (TPSA) is 61.9 Å². The fraction of sp³-hybridized carbons (Fsp3) is 0.579. The molecule has 25 heavy (non-hydrogen) atoms. The van der Waals surface area contributed by atoms with Crippen molar-refractivity contribution >= 4 is 11.8 Å². The molecule has 1 N–H and O–H groups in total. The molecule has 1 aromatic carbocycles. The van der Waals surface area contributed by atoms with Crippen molar-refractivity contribution in [2.45, 2.75) is 25.8 Å². The Hall–Kier alpha value is -2.08. The molecule has 0 aromatic heterocycles. The van der Waals surface area contributed by atoms with Gasteiger partial charge in [0.2, 0.25) is 5.91 Å². The third-order valence-electron chi connectivity index (χ3n) is 5.09. The molecule has 0 unspecified atom stereocenters. The number of hydrogen-bond donors (Lipinski definition) is 1. The monoisotopic (exact) mass is 345 g/mol. The molecule has 2 heterocycles. The number of hydrogen-bond acceptors (Lipinski definition) is 4. The number of piperazine rings is 1. The van der Waals surface area contributed by atoms with Crippen LogP contribution in [-0.4, -0.2) is 67.0 Å². The Balaban J connectivity index is 1.44. The van der Waals surface area contributed by atoms with Crippen molar-refractivity contribution in [3.63, 3.8) is 0 Å². The highest BCUT2D eigenvalue weighted by Gasteiger charge is 2.32. The lowest BCUT2D eigenvalue weighted by Crippen LogP contribution is -2.55. The SMILES string of the molecule is C[C@@H]1CNCCN1C(=O)C1CCN(C(=O)COc2ccccc2)CC1. The number of para-hydroxylation sites is 1. The summed E-state index contributed by atoms with van der Waals surface area (Å²) in [4.78, 5) is 28.8. The Labute approximate surface area is 149 Å². The largest absolute Gasteiger partial charge is 0.484 e. The van der Waals surface area contributed by atoms with Gasteiger partial charge in [-0.3, -0.25) is 9.59 Å². The summed E-state index contributed by atoms with van der Waals surface area (Å²) < 4.78 is 5.53. The average Bonchev–Trinajstić information content (AvgIpc) is 2.67. The lowest BCUT2D eigenvalue weighted by Gasteiger charge is -2.39. The summed E-state index contributed by atoms with van der Waals surface area (Å²) >= 11 is 0. The minimum absolute atomic E-state index is 0.00899. The van der Waals surface area contributed by atoms with Crippen LogP contribution in [0.25, 0.3) is 0 Å². The van der Waals surface area contributed by atoms with Gasteiger partial charge in [0.25, 0.3) is 5.91 Å². The standard InChI is InChI=1S/C19H27N3O3/c1-15-13-20-9-12-22(15)19(24)16-7-10-21(11-8-16)18(23)14-25-17-5-3-2-4-6-17/h2-6,15-16,20H,7-14H2,1H3/t15-/m1/s1. The molecule has 3 rings (SSSR count). The molecule has 0 aliphatic carbocycles. The highest BCUT2D eigenvalue weighted by atomic mass is 16.5. The fourth-order valence-corrected chi connectivity index (χ4v) is 3.53. The van der Waals surface area contributed by atoms with Crippen molar-refractivity contribution < 1.29 is 14.3 Å². The van der Waals surface area contributed by atoms with Crippen molar-refractivity contribution in [3.8, 4) is 5.75 Å². The number of rotatable bonds is 4. The first-order valence-electron chi connectivity index (χ1n) is 9.12. The van der Waals surface area contributed by atoms with Crippen LogP contribution in [0.1, 0.15) is 19.8 Å². The van der Waals surface area contributed by atoms with Crippen LogP contribution in [0, 0.1) is 5.92 Å². The molecule has 1 aromatic rings. The molecule has 2 aliphatic rings. The Morgan fingerprint density at radius 3 is 2.56 bits per heavy atom. The number of benzene rings is 1. The van der Waals surface area contributed by atoms with E-state index in [-0.39, 0.29) is 30.4 Å². The molecule has 6 heteroatoms. The van der Waals surface area contributed by atoms with E-state index in [1.54, 1.807) is 0 Å². The Kier molecular flexibility index (Phi) is 5.91. The van der Waals surface area contributed by atoms with E-state index in [4.69, 9.17) is 4.74 Å². The number of carbonyl (C=O) groups is 2. The van der Waals surface area contributed by atoms with E-state index >= 15 is 0 Å². The first-order valence-corrected chi connectivity index (χ1v) is 9.12. The summed E-state index contributed by atoms with van der Waals surface area (Å²) in [5, 5.41) is 3.31. The lowest BCUT2D eigenvalue weighted by molar-refractivity contribution is -0.143. The number of amides is 2. The summed E-state index contributed by atoms with van der Waals surface area (Å²) in [6.07, 6.45) is 1.49. The van der Waals surface area contributed by atoms with E-state index in [2.05, 4.69) is 12.2 Å². The summed E-state index contributed by atoms with van der Waals surface area (Å²) in [6.45, 7) is 5.91. The molecule has 2 amide bonds. The maximum atomic E-state index is 12.7. The van der Waals surface area contributed by atoms with Crippen LogP contribution in [0.5, 0.6) is 5.75 Å². The summed E-state index contributed by atoms with van der Waals surface area (Å²) in [5.74, 6) is 0.986. The van der Waals surface area contributed by atoms with Crippen LogP contribution >= 0.6 is 0 Å². The van der Waals surface area contributed by atoms with Gasteiger partial charge in [0, 0.05) is 44.7 Å². The highest BCUT2D eigenvalue weighted by molar-refractivity contribution is 5.81. The Morgan fingerprint density at radius 2 is 1.88 bits per heavy atom. The summed E-state index contributed by atoms with van der Waals surface area (Å²) in [7, 11) is 0. The van der Waals surface area contributed by atoms with Gasteiger partial charge in [-0.1, -0.05) is 18.2 Å². The third kappa shape index (κ3) is 4.51. The van der Waals surface area contributed by atoms with Gasteiger partial charge in [-0.05, 0) is 31.9 Å². The van der Waals surface area contributed by atoms with Gasteiger partial charge in [0.1, 0.15) is 5.75 Å². The van der Waals surface area contributed by atoms with Crippen molar-refractivity contribution in [2.75, 3.05) is 39.3 Å². The van der Waals surface area contributed by atoms with Gasteiger partial charge in [0.05, 0.1) is 0 Å². The smallest absolute Gasteiger partial charge is 0.260 e. The van der Waals surface area contributed by atoms with E-state index in [1.165, 1.54) is 0 Å². The second-order valence-electron chi connectivity index (χ2n) is 6.84. The molecule has 2 fully saturated rings. The second kappa shape index (κ2) is 8.34. The van der Waals surface area contributed by atoms with Gasteiger partial charge in [-0.2, -0.15) is 0 Å². The predicted octanol–water partition coefficient (Wildman–Crippen LogP) is 1.12. The quantitative estimate of drug-likeness (QED) is 0.888. The zero-order valence-electron chi connectivity index (χ0n) is 14.8. The molecule has 1 atom stereocenters. The number of ether oxygens (including phenoxy) is 1. The van der Waals surface area contributed by atoms with Gasteiger partial charge in [-0.25, -0.2) is 0 Å². The van der Waals surface area contributed by atoms with Crippen molar-refractivity contribution in [1.29, 1.82) is 0 Å². The molecule has 136 valence electrons. The zero-order valence-corrected chi connectivity index (χ0v) is 14.8. The van der Waals surface area contributed by atoms with Crippen molar-refractivity contribution in [3.05, 3.63) is 30.3 Å². The molecule has 0 saturated carbocycles. The molecule has 2 aliphatic heterocycles. The van der Waals surface area contributed by atoms with Crippen molar-refractivity contribution in [2.24, 2.45) is 5.92 Å². The van der Waals surface area contributed by atoms with Gasteiger partial charge in [0.15, 0.2) is 6.61 Å². The number of piperidine rings is 1. The number of nitrogens with zero attached hydrogens (tertiary/aromatic N) is 2. The minimum atomic E-state index is -0.00899. The molecular weight excluding hydrogens is 318 g/mol. The van der Waals surface area contributed by atoms with E-state index in [0.717, 1.165) is 32.5 Å². The van der Waals surface area contributed by atoms with Crippen LogP contribution in [0.4, 0.5) is 0 Å². The fourth-order valence-electron chi connectivity index (χ4n) is 3.53. The maximum Gasteiger partial charge on any atom is 0.260 e. The highest BCUT2D eigenvalue weighted by Crippen LogP contribution is 2.21. The maximum absolute atomic E-state index is 12.7. The lowest BCUT2D eigenvalue weighted by atomic mass is 9.94. The summed E-state index contributed by atoms with van der Waals surface area (Å²) in [6, 6.07) is 9.61. The first-order chi connectivity index (χ1) is 12.1.